The number of likely N-dealkylation sites (tertiary alicyclic amines) is 1. The summed E-state index contributed by atoms with van der Waals surface area (Å²) in [5.41, 5.74) is 2.10. The molecule has 1 N–H and O–H groups in total. The Morgan fingerprint density at radius 3 is 2.55 bits per heavy atom. The molecule has 1 atom stereocenters. The Kier molecular flexibility index (Phi) is 6.36. The van der Waals surface area contributed by atoms with Gasteiger partial charge in [-0.2, -0.15) is 4.98 Å². The van der Waals surface area contributed by atoms with Crippen LogP contribution in [0.1, 0.15) is 51.4 Å². The molecule has 2 aliphatic heterocycles. The maximum atomic E-state index is 12.9. The molecule has 2 amide bonds. The predicted octanol–water partition coefficient (Wildman–Crippen LogP) is 5.16. The summed E-state index contributed by atoms with van der Waals surface area (Å²) in [6.07, 6.45) is 4.26. The van der Waals surface area contributed by atoms with E-state index in [9.17, 15) is 9.59 Å². The van der Waals surface area contributed by atoms with Crippen LogP contribution in [-0.4, -0.2) is 66.1 Å². The van der Waals surface area contributed by atoms with Crippen molar-refractivity contribution in [1.29, 1.82) is 0 Å². The van der Waals surface area contributed by atoms with Gasteiger partial charge >= 0.3 is 6.09 Å². The van der Waals surface area contributed by atoms with E-state index in [0.29, 0.717) is 31.4 Å². The number of ether oxygens (including phenoxy) is 1. The highest BCUT2D eigenvalue weighted by molar-refractivity contribution is 5.86. The molecule has 0 spiro atoms. The summed E-state index contributed by atoms with van der Waals surface area (Å²) in [7, 11) is 0. The van der Waals surface area contributed by atoms with Crippen molar-refractivity contribution in [2.24, 2.45) is 5.92 Å². The van der Waals surface area contributed by atoms with Gasteiger partial charge in [0, 0.05) is 36.8 Å². The first kappa shape index (κ1) is 26.4. The van der Waals surface area contributed by atoms with E-state index in [1.54, 1.807) is 11.1 Å². The van der Waals surface area contributed by atoms with Crippen molar-refractivity contribution >= 4 is 28.7 Å². The first-order chi connectivity index (χ1) is 20.2. The number of nitrogens with one attached hydrogen (secondary N) is 1. The molecule has 1 aliphatic carbocycles. The third-order valence-electron chi connectivity index (χ3n) is 8.03. The summed E-state index contributed by atoms with van der Waals surface area (Å²) in [5, 5.41) is 5.73. The number of anilines is 1. The Morgan fingerprint density at radius 2 is 1.76 bits per heavy atom. The van der Waals surface area contributed by atoms with Gasteiger partial charge < -0.3 is 15.0 Å². The number of nitrogens with zero attached hydrogens (tertiary/aromatic N) is 6. The van der Waals surface area contributed by atoms with Gasteiger partial charge in [-0.15, -0.1) is 0 Å². The average molecular weight is 566 g/mol. The van der Waals surface area contributed by atoms with E-state index in [-0.39, 0.29) is 24.0 Å². The van der Waals surface area contributed by atoms with E-state index in [4.69, 9.17) is 14.7 Å². The zero-order valence-electron chi connectivity index (χ0n) is 24.2. The average Bonchev–Trinajstić information content (AvgIpc) is 3.40. The predicted molar refractivity (Wildman–Crippen MR) is 159 cm³/mol. The van der Waals surface area contributed by atoms with Crippen LogP contribution in [0.5, 0.6) is 0 Å². The summed E-state index contributed by atoms with van der Waals surface area (Å²) in [4.78, 5) is 43.6. The molecule has 4 heterocycles. The van der Waals surface area contributed by atoms with Crippen molar-refractivity contribution in [2.45, 2.75) is 64.8 Å². The van der Waals surface area contributed by atoms with Crippen LogP contribution in [0.15, 0.2) is 54.7 Å². The number of benzene rings is 2. The van der Waals surface area contributed by atoms with Crippen LogP contribution < -0.4 is 5.32 Å². The van der Waals surface area contributed by atoms with Crippen LogP contribution in [0.2, 0.25) is 0 Å². The fourth-order valence-corrected chi connectivity index (χ4v) is 5.82. The molecule has 7 rings (SSSR count). The molecule has 0 bridgehead atoms. The maximum Gasteiger partial charge on any atom is 0.410 e. The lowest BCUT2D eigenvalue weighted by Gasteiger charge is -2.24. The Balaban J connectivity index is 1.21. The van der Waals surface area contributed by atoms with Gasteiger partial charge in [0.15, 0.2) is 0 Å². The summed E-state index contributed by atoms with van der Waals surface area (Å²) in [6.45, 7) is 7.74. The van der Waals surface area contributed by atoms with Gasteiger partial charge in [-0.1, -0.05) is 36.4 Å². The van der Waals surface area contributed by atoms with Crippen LogP contribution in [0.25, 0.3) is 28.0 Å². The lowest BCUT2D eigenvalue weighted by molar-refractivity contribution is -0.131. The Labute approximate surface area is 244 Å². The minimum atomic E-state index is -0.588. The van der Waals surface area contributed by atoms with E-state index in [1.165, 1.54) is 0 Å². The summed E-state index contributed by atoms with van der Waals surface area (Å²) < 4.78 is 7.69. The molecular formula is C32H35N7O3. The smallest absolute Gasteiger partial charge is 0.410 e. The van der Waals surface area contributed by atoms with Crippen molar-refractivity contribution in [3.05, 3.63) is 66.1 Å². The lowest BCUT2D eigenvalue weighted by atomic mass is 10.1. The molecule has 2 aromatic heterocycles. The van der Waals surface area contributed by atoms with Crippen LogP contribution in [0.3, 0.4) is 0 Å². The third-order valence-corrected chi connectivity index (χ3v) is 8.03. The number of hydrogen-bond donors (Lipinski definition) is 1. The topological polar surface area (TPSA) is 105 Å². The number of amides is 2. The number of imidazole rings is 1. The van der Waals surface area contributed by atoms with Crippen LogP contribution in [-0.2, 0) is 22.6 Å². The molecule has 10 heteroatoms. The number of carbonyl (C=O) groups is 2. The number of hydrogen-bond acceptors (Lipinski definition) is 7. The molecule has 216 valence electrons. The molecule has 1 saturated carbocycles. The van der Waals surface area contributed by atoms with Gasteiger partial charge in [-0.25, -0.2) is 14.8 Å². The van der Waals surface area contributed by atoms with Gasteiger partial charge in [-0.3, -0.25) is 14.3 Å². The number of fused-ring (bicyclic) bond motifs is 2. The largest absolute Gasteiger partial charge is 0.444 e. The first-order valence-corrected chi connectivity index (χ1v) is 14.7. The minimum absolute atomic E-state index is 0.0964. The fraction of sp³-hybridized carbons (Fsp3) is 0.406. The first-order valence-electron chi connectivity index (χ1n) is 14.7. The van der Waals surface area contributed by atoms with Gasteiger partial charge in [0.25, 0.3) is 0 Å². The van der Waals surface area contributed by atoms with Crippen molar-refractivity contribution in [1.82, 2.24) is 29.3 Å². The molecule has 0 radical (unpaired) electrons. The van der Waals surface area contributed by atoms with E-state index >= 15 is 0 Å². The highest BCUT2D eigenvalue weighted by atomic mass is 16.6. The summed E-state index contributed by atoms with van der Waals surface area (Å²) in [5.74, 6) is 2.44. The van der Waals surface area contributed by atoms with Crippen molar-refractivity contribution < 1.29 is 14.3 Å². The Morgan fingerprint density at radius 1 is 0.952 bits per heavy atom. The second-order valence-corrected chi connectivity index (χ2v) is 12.5. The summed E-state index contributed by atoms with van der Waals surface area (Å²) >= 11 is 0. The summed E-state index contributed by atoms with van der Waals surface area (Å²) in [6, 6.07) is 16.5. The van der Waals surface area contributed by atoms with Gasteiger partial charge in [-0.05, 0) is 62.9 Å². The monoisotopic (exact) mass is 565 g/mol. The lowest BCUT2D eigenvalue weighted by Crippen LogP contribution is -2.33. The zero-order valence-corrected chi connectivity index (χ0v) is 24.2. The molecule has 0 unspecified atom stereocenters. The van der Waals surface area contributed by atoms with E-state index in [1.807, 2.05) is 48.4 Å². The van der Waals surface area contributed by atoms with Crippen LogP contribution in [0, 0.1) is 5.92 Å². The normalized spacial score (nSPS) is 18.4. The van der Waals surface area contributed by atoms with E-state index in [0.717, 1.165) is 59.4 Å². The minimum Gasteiger partial charge on any atom is -0.444 e. The maximum absolute atomic E-state index is 12.9. The van der Waals surface area contributed by atoms with Gasteiger partial charge in [0.05, 0.1) is 24.5 Å². The van der Waals surface area contributed by atoms with Gasteiger partial charge in [0.1, 0.15) is 17.2 Å². The molecule has 2 aromatic carbocycles. The second-order valence-electron chi connectivity index (χ2n) is 12.5. The molecule has 1 saturated heterocycles. The number of aromatic nitrogens is 4. The van der Waals surface area contributed by atoms with E-state index < -0.39 is 5.60 Å². The fourth-order valence-electron chi connectivity index (χ4n) is 5.82. The SMILES string of the molecule is CC(C)(C)OC(=O)N1Cc2nc(-c3ccc4ccccc4c3)n(-c3ccnc(N[C@@H]4CCN(C(=O)C5CC5)C4)n3)c2C1. The van der Waals surface area contributed by atoms with E-state index in [2.05, 4.69) is 40.6 Å². The van der Waals surface area contributed by atoms with Gasteiger partial charge in [0.2, 0.25) is 11.9 Å². The second kappa shape index (κ2) is 10.1. The number of carbonyl (C=O) groups excluding carboxylic acids is 2. The molecule has 4 aromatic rings. The van der Waals surface area contributed by atoms with Crippen LogP contribution in [0.4, 0.5) is 10.7 Å². The molecule has 3 aliphatic rings. The Hall–Kier alpha value is -4.47. The highest BCUT2D eigenvalue weighted by Gasteiger charge is 2.37. The number of rotatable bonds is 5. The van der Waals surface area contributed by atoms with Crippen molar-refractivity contribution in [3.63, 3.8) is 0 Å². The zero-order chi connectivity index (χ0) is 29.0. The highest BCUT2D eigenvalue weighted by Crippen LogP contribution is 2.34. The third kappa shape index (κ3) is 5.17. The standard InChI is InChI=1S/C32H35N7O3/c1-32(2,3)42-31(41)38-18-25-26(19-38)39(28(35-25)23-11-8-20-6-4-5-7-22(20)16-23)27-12-14-33-30(36-27)34-24-13-15-37(17-24)29(40)21-9-10-21/h4-8,11-12,14,16,21,24H,9-10,13,15,17-19H2,1-3H3,(H,33,34,36)/t24-/m1/s1. The Bertz CT molecular complexity index is 1690. The van der Waals surface area contributed by atoms with Crippen molar-refractivity contribution in [3.8, 4) is 17.2 Å². The molecular weight excluding hydrogens is 530 g/mol. The van der Waals surface area contributed by atoms with Crippen LogP contribution >= 0.6 is 0 Å². The van der Waals surface area contributed by atoms with Crippen molar-refractivity contribution in [2.75, 3.05) is 18.4 Å². The molecule has 42 heavy (non-hydrogen) atoms. The molecule has 10 nitrogen and oxygen atoms in total. The molecule has 2 fully saturated rings. The quantitative estimate of drug-likeness (QED) is 0.357.